The average molecular weight is 353 g/mol. The Labute approximate surface area is 150 Å². The van der Waals surface area contributed by atoms with Crippen LogP contribution in [-0.2, 0) is 0 Å². The summed E-state index contributed by atoms with van der Waals surface area (Å²) in [5.74, 6) is 1.18. The van der Waals surface area contributed by atoms with Crippen LogP contribution in [0.4, 0.5) is 5.82 Å². The fraction of sp³-hybridized carbons (Fsp3) is 0.211. The summed E-state index contributed by atoms with van der Waals surface area (Å²) in [6.45, 7) is 4.83. The van der Waals surface area contributed by atoms with E-state index in [0.717, 1.165) is 0 Å². The number of nitrogens with one attached hydrogen (secondary N) is 1. The molecule has 26 heavy (non-hydrogen) atoms. The van der Waals surface area contributed by atoms with Gasteiger partial charge in [0, 0.05) is 11.1 Å². The molecule has 3 rings (SSSR count). The Balaban J connectivity index is 1.88. The van der Waals surface area contributed by atoms with Gasteiger partial charge in [0.25, 0.3) is 5.91 Å². The summed E-state index contributed by atoms with van der Waals surface area (Å²) >= 11 is 0. The van der Waals surface area contributed by atoms with Crippen molar-refractivity contribution in [3.05, 3.63) is 54.1 Å². The normalized spacial score (nSPS) is 10.4. The van der Waals surface area contributed by atoms with Crippen molar-refractivity contribution in [1.82, 2.24) is 10.3 Å². The van der Waals surface area contributed by atoms with Crippen LogP contribution in [0.3, 0.4) is 0 Å². The largest absolute Gasteiger partial charge is 0.490 e. The molecule has 134 valence electrons. The smallest absolute Gasteiger partial charge is 0.256 e. The number of rotatable bonds is 7. The third-order valence-corrected chi connectivity index (χ3v) is 3.57. The molecule has 0 radical (unpaired) electrons. The molecule has 7 heteroatoms. The zero-order valence-electron chi connectivity index (χ0n) is 14.6. The minimum atomic E-state index is -0.293. The molecular weight excluding hydrogens is 334 g/mol. The number of ether oxygens (including phenoxy) is 2. The molecule has 0 aliphatic heterocycles. The molecule has 3 aromatic rings. The quantitative estimate of drug-likeness (QED) is 0.695. The van der Waals surface area contributed by atoms with Gasteiger partial charge in [-0.05, 0) is 54.5 Å². The van der Waals surface area contributed by atoms with E-state index in [-0.39, 0.29) is 11.7 Å². The van der Waals surface area contributed by atoms with Gasteiger partial charge in [-0.2, -0.15) is 0 Å². The van der Waals surface area contributed by atoms with Gasteiger partial charge < -0.3 is 14.8 Å². The zero-order chi connectivity index (χ0) is 18.4. The Morgan fingerprint density at radius 2 is 1.73 bits per heavy atom. The van der Waals surface area contributed by atoms with Crippen LogP contribution < -0.4 is 14.8 Å². The summed E-state index contributed by atoms with van der Waals surface area (Å²) in [5, 5.41) is 10.4. The number of amides is 1. The monoisotopic (exact) mass is 353 g/mol. The molecule has 1 aromatic heterocycles. The predicted molar refractivity (Wildman–Crippen MR) is 96.5 cm³/mol. The second-order valence-electron chi connectivity index (χ2n) is 5.31. The topological polar surface area (TPSA) is 86.5 Å². The van der Waals surface area contributed by atoms with Crippen LogP contribution >= 0.6 is 0 Å². The predicted octanol–water partition coefficient (Wildman–Crippen LogP) is 3.79. The Hall–Kier alpha value is -3.35. The first-order valence-electron chi connectivity index (χ1n) is 8.32. The number of benzene rings is 2. The fourth-order valence-electron chi connectivity index (χ4n) is 2.43. The number of anilines is 1. The van der Waals surface area contributed by atoms with Gasteiger partial charge in [0.1, 0.15) is 0 Å². The Morgan fingerprint density at radius 1 is 1.00 bits per heavy atom. The maximum Gasteiger partial charge on any atom is 0.256 e. The number of carbonyl (C=O) groups is 1. The standard InChI is InChI=1S/C19H19N3O4/c1-3-24-15-11-10-14(12-16(15)25-4-2)17-18(22-26-21-17)20-19(23)13-8-6-5-7-9-13/h5-12H,3-4H2,1-2H3,(H,20,22,23). The highest BCUT2D eigenvalue weighted by atomic mass is 16.6. The minimum Gasteiger partial charge on any atom is -0.490 e. The van der Waals surface area contributed by atoms with Crippen molar-refractivity contribution in [3.8, 4) is 22.8 Å². The first kappa shape index (κ1) is 17.5. The van der Waals surface area contributed by atoms with Crippen LogP contribution in [0.2, 0.25) is 0 Å². The third-order valence-electron chi connectivity index (χ3n) is 3.57. The maximum absolute atomic E-state index is 12.3. The van der Waals surface area contributed by atoms with Crippen molar-refractivity contribution in [2.75, 3.05) is 18.5 Å². The van der Waals surface area contributed by atoms with Crippen molar-refractivity contribution in [2.24, 2.45) is 0 Å². The minimum absolute atomic E-state index is 0.241. The molecule has 0 saturated heterocycles. The Morgan fingerprint density at radius 3 is 2.46 bits per heavy atom. The number of aromatic nitrogens is 2. The van der Waals surface area contributed by atoms with Crippen molar-refractivity contribution >= 4 is 11.7 Å². The highest BCUT2D eigenvalue weighted by Gasteiger charge is 2.18. The molecule has 0 unspecified atom stereocenters. The van der Waals surface area contributed by atoms with Crippen molar-refractivity contribution in [1.29, 1.82) is 0 Å². The summed E-state index contributed by atoms with van der Waals surface area (Å²) in [7, 11) is 0. The molecule has 0 aliphatic rings. The zero-order valence-corrected chi connectivity index (χ0v) is 14.6. The lowest BCUT2D eigenvalue weighted by atomic mass is 10.1. The molecule has 2 aromatic carbocycles. The van der Waals surface area contributed by atoms with E-state index in [4.69, 9.17) is 14.1 Å². The number of carbonyl (C=O) groups excluding carboxylic acids is 1. The van der Waals surface area contributed by atoms with E-state index in [1.54, 1.807) is 36.4 Å². The average Bonchev–Trinajstić information content (AvgIpc) is 3.12. The first-order valence-corrected chi connectivity index (χ1v) is 8.32. The molecule has 1 amide bonds. The number of hydrogen-bond donors (Lipinski definition) is 1. The molecular formula is C19H19N3O4. The lowest BCUT2D eigenvalue weighted by Gasteiger charge is -2.12. The van der Waals surface area contributed by atoms with E-state index in [9.17, 15) is 4.79 Å². The lowest BCUT2D eigenvalue weighted by Crippen LogP contribution is -2.12. The number of hydrogen-bond acceptors (Lipinski definition) is 6. The van der Waals surface area contributed by atoms with Crippen LogP contribution in [0.15, 0.2) is 53.2 Å². The first-order chi connectivity index (χ1) is 12.7. The van der Waals surface area contributed by atoms with Gasteiger partial charge in [-0.1, -0.05) is 18.2 Å². The van der Waals surface area contributed by atoms with Gasteiger partial charge in [0.05, 0.1) is 13.2 Å². The van der Waals surface area contributed by atoms with Crippen LogP contribution in [0.5, 0.6) is 11.5 Å². The Kier molecular flexibility index (Phi) is 5.48. The van der Waals surface area contributed by atoms with Crippen LogP contribution in [-0.4, -0.2) is 29.4 Å². The third kappa shape index (κ3) is 3.83. The van der Waals surface area contributed by atoms with Crippen molar-refractivity contribution in [3.63, 3.8) is 0 Å². The summed E-state index contributed by atoms with van der Waals surface area (Å²) in [4.78, 5) is 12.3. The maximum atomic E-state index is 12.3. The van der Waals surface area contributed by atoms with Crippen molar-refractivity contribution < 1.29 is 18.9 Å². The van der Waals surface area contributed by atoms with E-state index < -0.39 is 0 Å². The van der Waals surface area contributed by atoms with Gasteiger partial charge in [-0.3, -0.25) is 4.79 Å². The van der Waals surface area contributed by atoms with Gasteiger partial charge in [0.15, 0.2) is 17.2 Å². The van der Waals surface area contributed by atoms with E-state index >= 15 is 0 Å². The lowest BCUT2D eigenvalue weighted by molar-refractivity contribution is 0.102. The highest BCUT2D eigenvalue weighted by Crippen LogP contribution is 2.34. The van der Waals surface area contributed by atoms with E-state index in [0.29, 0.717) is 41.5 Å². The summed E-state index contributed by atoms with van der Waals surface area (Å²) in [6, 6.07) is 14.2. The van der Waals surface area contributed by atoms with Gasteiger partial charge in [-0.15, -0.1) is 0 Å². The molecule has 0 spiro atoms. The van der Waals surface area contributed by atoms with Crippen LogP contribution in [0.1, 0.15) is 24.2 Å². The molecule has 1 heterocycles. The molecule has 0 saturated carbocycles. The van der Waals surface area contributed by atoms with E-state index in [1.807, 2.05) is 26.0 Å². The summed E-state index contributed by atoms with van der Waals surface area (Å²) < 4.78 is 16.0. The second-order valence-corrected chi connectivity index (χ2v) is 5.31. The van der Waals surface area contributed by atoms with Gasteiger partial charge in [0.2, 0.25) is 5.82 Å². The second kappa shape index (κ2) is 8.15. The van der Waals surface area contributed by atoms with E-state index in [1.165, 1.54) is 0 Å². The van der Waals surface area contributed by atoms with Crippen LogP contribution in [0, 0.1) is 0 Å². The highest BCUT2D eigenvalue weighted by molar-refractivity contribution is 6.05. The van der Waals surface area contributed by atoms with Crippen molar-refractivity contribution in [2.45, 2.75) is 13.8 Å². The van der Waals surface area contributed by atoms with E-state index in [2.05, 4.69) is 15.6 Å². The van der Waals surface area contributed by atoms with Gasteiger partial charge >= 0.3 is 0 Å². The molecule has 7 nitrogen and oxygen atoms in total. The SMILES string of the molecule is CCOc1ccc(-c2nonc2NC(=O)c2ccccc2)cc1OCC. The molecule has 0 aliphatic carbocycles. The molecule has 1 N–H and O–H groups in total. The summed E-state index contributed by atoms with van der Waals surface area (Å²) in [6.07, 6.45) is 0. The molecule has 0 atom stereocenters. The molecule has 0 bridgehead atoms. The number of nitrogens with zero attached hydrogens (tertiary/aromatic N) is 2. The van der Waals surface area contributed by atoms with Gasteiger partial charge in [-0.25, -0.2) is 4.63 Å². The fourth-order valence-corrected chi connectivity index (χ4v) is 2.43. The molecule has 0 fully saturated rings. The summed E-state index contributed by atoms with van der Waals surface area (Å²) in [5.41, 5.74) is 1.63. The Bertz CT molecular complexity index is 878. The van der Waals surface area contributed by atoms with Crippen LogP contribution in [0.25, 0.3) is 11.3 Å².